The van der Waals surface area contributed by atoms with Crippen molar-refractivity contribution in [3.63, 3.8) is 0 Å². The zero-order valence-corrected chi connectivity index (χ0v) is 13.0. The Kier molecular flexibility index (Phi) is 5.45. The average molecular weight is 319 g/mol. The molecule has 0 amide bonds. The molecule has 0 fully saturated rings. The second-order valence-corrected chi connectivity index (χ2v) is 5.48. The molecule has 2 aromatic carbocycles. The molecule has 5 heteroatoms. The first-order valence-corrected chi connectivity index (χ1v) is 7.36. The molecule has 0 aliphatic rings. The van der Waals surface area contributed by atoms with Gasteiger partial charge in [0.05, 0.1) is 0 Å². The normalized spacial score (nSPS) is 14.8. The zero-order valence-electron chi connectivity index (χ0n) is 13.0. The fourth-order valence-corrected chi connectivity index (χ4v) is 2.48. The van der Waals surface area contributed by atoms with Crippen LogP contribution < -0.4 is 5.73 Å². The summed E-state index contributed by atoms with van der Waals surface area (Å²) in [6.45, 7) is 3.19. The summed E-state index contributed by atoms with van der Waals surface area (Å²) >= 11 is 0. The van der Waals surface area contributed by atoms with Crippen LogP contribution >= 0.6 is 0 Å². The van der Waals surface area contributed by atoms with Crippen LogP contribution in [0.2, 0.25) is 0 Å². The van der Waals surface area contributed by atoms with Crippen molar-refractivity contribution in [2.75, 3.05) is 0 Å². The van der Waals surface area contributed by atoms with Crippen LogP contribution in [0.25, 0.3) is 0 Å². The maximum absolute atomic E-state index is 14.2. The van der Waals surface area contributed by atoms with E-state index in [1.165, 1.54) is 19.1 Å². The summed E-state index contributed by atoms with van der Waals surface area (Å²) in [6, 6.07) is 11.7. The number of ether oxygens (including phenoxy) is 1. The van der Waals surface area contributed by atoms with Crippen molar-refractivity contribution in [3.8, 4) is 0 Å². The number of carbonyl (C=O) groups is 1. The molecular weight excluding hydrogens is 300 g/mol. The van der Waals surface area contributed by atoms with E-state index in [-0.39, 0.29) is 5.56 Å². The number of carbonyl (C=O) groups excluding carboxylic acids is 1. The molecule has 2 rings (SSSR count). The molecule has 0 saturated carbocycles. The molecule has 3 nitrogen and oxygen atoms in total. The van der Waals surface area contributed by atoms with Gasteiger partial charge in [-0.05, 0) is 31.0 Å². The fourth-order valence-electron chi connectivity index (χ4n) is 2.48. The summed E-state index contributed by atoms with van der Waals surface area (Å²) in [5.74, 6) is -2.46. The Morgan fingerprint density at radius 2 is 1.74 bits per heavy atom. The standard InChI is InChI=1S/C18H19F2NO2/c1-11(21)18(22)23-12(2)17(13-6-4-3-5-7-13)15-9-8-14(19)10-16(15)20/h3-12,17H,21H2,1-2H3/t11-,12-,17-/m0/s1. The number of hydrogen-bond acceptors (Lipinski definition) is 3. The SMILES string of the molecule is C[C@H](N)C(=O)O[C@@H](C)[C@@H](c1ccccc1)c1ccc(F)cc1F. The van der Waals surface area contributed by atoms with E-state index in [0.717, 1.165) is 11.6 Å². The van der Waals surface area contributed by atoms with Crippen LogP contribution in [0.3, 0.4) is 0 Å². The Balaban J connectivity index is 2.42. The van der Waals surface area contributed by atoms with Gasteiger partial charge in [-0.1, -0.05) is 36.4 Å². The highest BCUT2D eigenvalue weighted by Crippen LogP contribution is 2.32. The first-order chi connectivity index (χ1) is 10.9. The molecule has 0 radical (unpaired) electrons. The third-order valence-electron chi connectivity index (χ3n) is 3.60. The minimum atomic E-state index is -0.771. The van der Waals surface area contributed by atoms with Crippen LogP contribution in [0.5, 0.6) is 0 Å². The Labute approximate surface area is 134 Å². The van der Waals surface area contributed by atoms with Crippen LogP contribution in [0.1, 0.15) is 30.9 Å². The first kappa shape index (κ1) is 17.1. The number of rotatable bonds is 5. The lowest BCUT2D eigenvalue weighted by atomic mass is 9.86. The summed E-state index contributed by atoms with van der Waals surface area (Å²) in [5.41, 5.74) is 6.55. The van der Waals surface area contributed by atoms with Gasteiger partial charge in [-0.15, -0.1) is 0 Å². The molecule has 122 valence electrons. The topological polar surface area (TPSA) is 52.3 Å². The smallest absolute Gasteiger partial charge is 0.322 e. The van der Waals surface area contributed by atoms with Crippen LogP contribution in [0.15, 0.2) is 48.5 Å². The first-order valence-electron chi connectivity index (χ1n) is 7.36. The molecule has 2 N–H and O–H groups in total. The minimum Gasteiger partial charge on any atom is -0.461 e. The second kappa shape index (κ2) is 7.33. The summed E-state index contributed by atoms with van der Waals surface area (Å²) in [6.07, 6.45) is -0.657. The average Bonchev–Trinajstić information content (AvgIpc) is 2.50. The Hall–Kier alpha value is -2.27. The maximum Gasteiger partial charge on any atom is 0.322 e. The van der Waals surface area contributed by atoms with E-state index in [1.807, 2.05) is 30.3 Å². The van der Waals surface area contributed by atoms with Gasteiger partial charge in [0.1, 0.15) is 23.8 Å². The van der Waals surface area contributed by atoms with Crippen LogP contribution in [-0.4, -0.2) is 18.1 Å². The maximum atomic E-state index is 14.2. The van der Waals surface area contributed by atoms with Gasteiger partial charge in [0, 0.05) is 12.0 Å². The summed E-state index contributed by atoms with van der Waals surface area (Å²) in [5, 5.41) is 0. The van der Waals surface area contributed by atoms with Gasteiger partial charge in [0.2, 0.25) is 0 Å². The summed E-state index contributed by atoms with van der Waals surface area (Å²) in [4.78, 5) is 11.8. The van der Waals surface area contributed by atoms with Crippen molar-refractivity contribution < 1.29 is 18.3 Å². The van der Waals surface area contributed by atoms with E-state index >= 15 is 0 Å². The Bertz CT molecular complexity index is 674. The van der Waals surface area contributed by atoms with Crippen molar-refractivity contribution in [2.24, 2.45) is 5.73 Å². The van der Waals surface area contributed by atoms with Gasteiger partial charge >= 0.3 is 5.97 Å². The molecule has 2 aromatic rings. The molecule has 0 aromatic heterocycles. The monoisotopic (exact) mass is 319 g/mol. The molecule has 0 spiro atoms. The van der Waals surface area contributed by atoms with Crippen molar-refractivity contribution in [1.82, 2.24) is 0 Å². The lowest BCUT2D eigenvalue weighted by Gasteiger charge is -2.26. The van der Waals surface area contributed by atoms with E-state index in [4.69, 9.17) is 10.5 Å². The molecule has 0 unspecified atom stereocenters. The fraction of sp³-hybridized carbons (Fsp3) is 0.278. The van der Waals surface area contributed by atoms with Crippen LogP contribution in [0.4, 0.5) is 8.78 Å². The number of halogens is 2. The second-order valence-electron chi connectivity index (χ2n) is 5.48. The molecule has 0 aliphatic carbocycles. The highest BCUT2D eigenvalue weighted by atomic mass is 19.1. The summed E-state index contributed by atoms with van der Waals surface area (Å²) in [7, 11) is 0. The quantitative estimate of drug-likeness (QED) is 0.860. The third-order valence-corrected chi connectivity index (χ3v) is 3.60. The van der Waals surface area contributed by atoms with Crippen LogP contribution in [-0.2, 0) is 9.53 Å². The van der Waals surface area contributed by atoms with Gasteiger partial charge in [-0.2, -0.15) is 0 Å². The molecular formula is C18H19F2NO2. The lowest BCUT2D eigenvalue weighted by Crippen LogP contribution is -2.34. The van der Waals surface area contributed by atoms with Gasteiger partial charge in [0.15, 0.2) is 0 Å². The van der Waals surface area contributed by atoms with Gasteiger partial charge in [0.25, 0.3) is 0 Å². The largest absolute Gasteiger partial charge is 0.461 e. The number of benzene rings is 2. The van der Waals surface area contributed by atoms with E-state index in [0.29, 0.717) is 0 Å². The van der Waals surface area contributed by atoms with Gasteiger partial charge in [-0.3, -0.25) is 4.79 Å². The van der Waals surface area contributed by atoms with E-state index in [9.17, 15) is 13.6 Å². The molecule has 0 bridgehead atoms. The van der Waals surface area contributed by atoms with Crippen molar-refractivity contribution in [2.45, 2.75) is 31.9 Å². The third kappa shape index (κ3) is 4.13. The predicted octanol–water partition coefficient (Wildman–Crippen LogP) is 3.38. The number of hydrogen-bond donors (Lipinski definition) is 1. The highest BCUT2D eigenvalue weighted by Gasteiger charge is 2.28. The molecule has 3 atom stereocenters. The number of esters is 1. The van der Waals surface area contributed by atoms with E-state index in [2.05, 4.69) is 0 Å². The lowest BCUT2D eigenvalue weighted by molar-refractivity contribution is -0.150. The van der Waals surface area contributed by atoms with Crippen molar-refractivity contribution >= 4 is 5.97 Å². The van der Waals surface area contributed by atoms with Gasteiger partial charge < -0.3 is 10.5 Å². The molecule has 23 heavy (non-hydrogen) atoms. The predicted molar refractivity (Wildman–Crippen MR) is 83.8 cm³/mol. The summed E-state index contributed by atoms with van der Waals surface area (Å²) < 4.78 is 32.8. The Morgan fingerprint density at radius 1 is 1.09 bits per heavy atom. The van der Waals surface area contributed by atoms with Crippen LogP contribution in [0, 0.1) is 11.6 Å². The molecule has 0 heterocycles. The minimum absolute atomic E-state index is 0.266. The Morgan fingerprint density at radius 3 is 2.30 bits per heavy atom. The highest BCUT2D eigenvalue weighted by molar-refractivity contribution is 5.75. The number of nitrogens with two attached hydrogens (primary N) is 1. The van der Waals surface area contributed by atoms with Crippen molar-refractivity contribution in [3.05, 3.63) is 71.3 Å². The zero-order chi connectivity index (χ0) is 17.0. The van der Waals surface area contributed by atoms with E-state index < -0.39 is 35.7 Å². The molecule has 0 aliphatic heterocycles. The van der Waals surface area contributed by atoms with E-state index in [1.54, 1.807) is 6.92 Å². The van der Waals surface area contributed by atoms with Crippen molar-refractivity contribution in [1.29, 1.82) is 0 Å². The van der Waals surface area contributed by atoms with Gasteiger partial charge in [-0.25, -0.2) is 8.78 Å². The molecule has 0 saturated heterocycles.